The van der Waals surface area contributed by atoms with Gasteiger partial charge in [0, 0.05) is 28.5 Å². The Kier molecular flexibility index (Phi) is 7.26. The molecule has 0 fully saturated rings. The molecule has 2 N–H and O–H groups in total. The lowest BCUT2D eigenvalue weighted by atomic mass is 10.2. The zero-order valence-electron chi connectivity index (χ0n) is 10.5. The molecule has 0 aliphatic carbocycles. The van der Waals surface area contributed by atoms with E-state index >= 15 is 0 Å². The Hall–Kier alpha value is 0.580. The third-order valence-electron chi connectivity index (χ3n) is 2.32. The Morgan fingerprint density at radius 1 is 1.24 bits per heavy atom. The van der Waals surface area contributed by atoms with Crippen molar-refractivity contribution in [3.05, 3.63) is 19.2 Å². The lowest BCUT2D eigenvalue weighted by Gasteiger charge is -2.15. The summed E-state index contributed by atoms with van der Waals surface area (Å²) in [6.07, 6.45) is 0. The molecule has 0 bridgehead atoms. The Bertz CT molecular complexity index is 320. The van der Waals surface area contributed by atoms with Gasteiger partial charge in [0.25, 0.3) is 0 Å². The standard InChI is InChI=1S/C12H20Br2N2S/c1-8(2)5-15-6-9(3)16-7-10-4-11(13)12(14)17-10/h4,8-9,15-16H,5-7H2,1-3H3. The summed E-state index contributed by atoms with van der Waals surface area (Å²) >= 11 is 8.79. The number of rotatable bonds is 7. The molecule has 1 atom stereocenters. The summed E-state index contributed by atoms with van der Waals surface area (Å²) in [7, 11) is 0. The van der Waals surface area contributed by atoms with Crippen LogP contribution in [-0.4, -0.2) is 19.1 Å². The summed E-state index contributed by atoms with van der Waals surface area (Å²) in [6.45, 7) is 9.70. The predicted octanol–water partition coefficient (Wildman–Crippen LogP) is 4.00. The molecule has 1 rings (SSSR count). The molecule has 0 aromatic carbocycles. The highest BCUT2D eigenvalue weighted by Crippen LogP contribution is 2.32. The molecule has 2 nitrogen and oxygen atoms in total. The van der Waals surface area contributed by atoms with Crippen LogP contribution in [0.25, 0.3) is 0 Å². The van der Waals surface area contributed by atoms with Gasteiger partial charge in [0.2, 0.25) is 0 Å². The van der Waals surface area contributed by atoms with Crippen LogP contribution in [0.2, 0.25) is 0 Å². The lowest BCUT2D eigenvalue weighted by Crippen LogP contribution is -2.37. The average Bonchev–Trinajstić information content (AvgIpc) is 2.55. The van der Waals surface area contributed by atoms with Gasteiger partial charge in [0.15, 0.2) is 0 Å². The van der Waals surface area contributed by atoms with E-state index in [-0.39, 0.29) is 0 Å². The molecule has 0 aliphatic rings. The molecule has 5 heteroatoms. The topological polar surface area (TPSA) is 24.1 Å². The first-order valence-electron chi connectivity index (χ1n) is 5.86. The summed E-state index contributed by atoms with van der Waals surface area (Å²) in [5.41, 5.74) is 0. The molecule has 0 saturated carbocycles. The molecule has 0 spiro atoms. The molecular weight excluding hydrogens is 364 g/mol. The molecule has 0 amide bonds. The van der Waals surface area contributed by atoms with Gasteiger partial charge in [-0.25, -0.2) is 0 Å². The van der Waals surface area contributed by atoms with E-state index in [4.69, 9.17) is 0 Å². The van der Waals surface area contributed by atoms with E-state index in [1.807, 2.05) is 0 Å². The first kappa shape index (κ1) is 15.6. The highest BCUT2D eigenvalue weighted by Gasteiger charge is 2.06. The first-order valence-corrected chi connectivity index (χ1v) is 8.27. The van der Waals surface area contributed by atoms with Gasteiger partial charge < -0.3 is 10.6 Å². The average molecular weight is 384 g/mol. The van der Waals surface area contributed by atoms with Crippen LogP contribution in [0.4, 0.5) is 0 Å². The van der Waals surface area contributed by atoms with Crippen molar-refractivity contribution in [2.24, 2.45) is 5.92 Å². The van der Waals surface area contributed by atoms with Crippen LogP contribution >= 0.6 is 43.2 Å². The van der Waals surface area contributed by atoms with E-state index in [0.717, 1.165) is 24.1 Å². The van der Waals surface area contributed by atoms with E-state index in [1.165, 1.54) is 8.66 Å². The maximum atomic E-state index is 3.52. The molecule has 0 aliphatic heterocycles. The van der Waals surface area contributed by atoms with Gasteiger partial charge in [0.1, 0.15) is 0 Å². The third-order valence-corrected chi connectivity index (χ3v) is 5.58. The number of halogens is 2. The van der Waals surface area contributed by atoms with Crippen LogP contribution in [0.15, 0.2) is 14.3 Å². The van der Waals surface area contributed by atoms with Crippen LogP contribution < -0.4 is 10.6 Å². The highest BCUT2D eigenvalue weighted by atomic mass is 79.9. The largest absolute Gasteiger partial charge is 0.315 e. The fourth-order valence-electron chi connectivity index (χ4n) is 1.41. The highest BCUT2D eigenvalue weighted by molar-refractivity contribution is 9.13. The molecule has 17 heavy (non-hydrogen) atoms. The minimum absolute atomic E-state index is 0.494. The van der Waals surface area contributed by atoms with Gasteiger partial charge in [-0.05, 0) is 57.3 Å². The van der Waals surface area contributed by atoms with E-state index in [2.05, 4.69) is 69.3 Å². The summed E-state index contributed by atoms with van der Waals surface area (Å²) in [5.74, 6) is 0.714. The summed E-state index contributed by atoms with van der Waals surface area (Å²) < 4.78 is 2.31. The predicted molar refractivity (Wildman–Crippen MR) is 83.7 cm³/mol. The second-order valence-electron chi connectivity index (χ2n) is 4.67. The van der Waals surface area contributed by atoms with Gasteiger partial charge >= 0.3 is 0 Å². The van der Waals surface area contributed by atoms with Crippen molar-refractivity contribution in [3.63, 3.8) is 0 Å². The molecular formula is C12H20Br2N2S. The Morgan fingerprint density at radius 2 is 1.94 bits per heavy atom. The molecule has 1 aromatic heterocycles. The van der Waals surface area contributed by atoms with Crippen molar-refractivity contribution in [1.82, 2.24) is 10.6 Å². The molecule has 98 valence electrons. The van der Waals surface area contributed by atoms with Crippen molar-refractivity contribution < 1.29 is 0 Å². The van der Waals surface area contributed by atoms with Crippen LogP contribution in [0.3, 0.4) is 0 Å². The minimum Gasteiger partial charge on any atom is -0.315 e. The normalized spacial score (nSPS) is 13.3. The first-order chi connectivity index (χ1) is 7.99. The van der Waals surface area contributed by atoms with Crippen LogP contribution in [-0.2, 0) is 6.54 Å². The second-order valence-corrected chi connectivity index (χ2v) is 7.98. The molecule has 1 unspecified atom stereocenters. The Labute approximate surface area is 125 Å². The molecule has 1 heterocycles. The fraction of sp³-hybridized carbons (Fsp3) is 0.667. The number of hydrogen-bond donors (Lipinski definition) is 2. The monoisotopic (exact) mass is 382 g/mol. The van der Waals surface area contributed by atoms with Gasteiger partial charge in [-0.15, -0.1) is 11.3 Å². The van der Waals surface area contributed by atoms with Crippen molar-refractivity contribution >= 4 is 43.2 Å². The van der Waals surface area contributed by atoms with E-state index in [0.29, 0.717) is 12.0 Å². The van der Waals surface area contributed by atoms with E-state index in [1.54, 1.807) is 11.3 Å². The van der Waals surface area contributed by atoms with Crippen LogP contribution in [0.5, 0.6) is 0 Å². The van der Waals surface area contributed by atoms with Gasteiger partial charge in [-0.3, -0.25) is 0 Å². The maximum Gasteiger partial charge on any atom is 0.0843 e. The van der Waals surface area contributed by atoms with Crippen LogP contribution in [0, 0.1) is 5.92 Å². The Balaban J connectivity index is 2.21. The van der Waals surface area contributed by atoms with Crippen molar-refractivity contribution in [1.29, 1.82) is 0 Å². The van der Waals surface area contributed by atoms with Crippen LogP contribution in [0.1, 0.15) is 25.6 Å². The SMILES string of the molecule is CC(C)CNCC(C)NCc1cc(Br)c(Br)s1. The van der Waals surface area contributed by atoms with Gasteiger partial charge in [-0.2, -0.15) is 0 Å². The summed E-state index contributed by atoms with van der Waals surface area (Å²) in [4.78, 5) is 1.35. The van der Waals surface area contributed by atoms with Crippen molar-refractivity contribution in [3.8, 4) is 0 Å². The van der Waals surface area contributed by atoms with Crippen molar-refractivity contribution in [2.75, 3.05) is 13.1 Å². The smallest absolute Gasteiger partial charge is 0.0843 e. The fourth-order valence-corrected chi connectivity index (χ4v) is 3.54. The molecule has 0 radical (unpaired) electrons. The quantitative estimate of drug-likeness (QED) is 0.743. The second kappa shape index (κ2) is 7.89. The number of thiophene rings is 1. The zero-order chi connectivity index (χ0) is 12.8. The molecule has 0 saturated heterocycles. The van der Waals surface area contributed by atoms with E-state index < -0.39 is 0 Å². The number of nitrogens with one attached hydrogen (secondary N) is 2. The maximum absolute atomic E-state index is 3.52. The van der Waals surface area contributed by atoms with E-state index in [9.17, 15) is 0 Å². The lowest BCUT2D eigenvalue weighted by molar-refractivity contribution is 0.473. The Morgan fingerprint density at radius 3 is 2.47 bits per heavy atom. The van der Waals surface area contributed by atoms with Gasteiger partial charge in [-0.1, -0.05) is 13.8 Å². The number of hydrogen-bond acceptors (Lipinski definition) is 3. The third kappa shape index (κ3) is 6.34. The summed E-state index contributed by atoms with van der Waals surface area (Å²) in [5, 5.41) is 6.98. The van der Waals surface area contributed by atoms with Gasteiger partial charge in [0.05, 0.1) is 3.79 Å². The zero-order valence-corrected chi connectivity index (χ0v) is 14.5. The minimum atomic E-state index is 0.494. The summed E-state index contributed by atoms with van der Waals surface area (Å²) in [6, 6.07) is 2.66. The molecule has 1 aromatic rings. The van der Waals surface area contributed by atoms with Crippen molar-refractivity contribution in [2.45, 2.75) is 33.4 Å².